The number of hydrogen-bond donors (Lipinski definition) is 0. The van der Waals surface area contributed by atoms with Gasteiger partial charge in [0, 0.05) is 0 Å². The Hall–Kier alpha value is -1.86. The van der Waals surface area contributed by atoms with E-state index in [-0.39, 0.29) is 35.6 Å². The smallest absolute Gasteiger partial charge is 0.109 e. The van der Waals surface area contributed by atoms with Gasteiger partial charge < -0.3 is 24.8 Å². The topological polar surface area (TPSA) is 0 Å². The van der Waals surface area contributed by atoms with Crippen LogP contribution in [0.25, 0.3) is 21.5 Å². The molecule has 0 unspecified atom stereocenters. The number of halogens is 4. The molecule has 0 N–H and O–H groups in total. The maximum absolute atomic E-state index is 5.88. The Balaban J connectivity index is 0.000000270. The van der Waals surface area contributed by atoms with Crippen molar-refractivity contribution in [2.45, 2.75) is 71.6 Å². The second kappa shape index (κ2) is 18.1. The van der Waals surface area contributed by atoms with Crippen LogP contribution in [0.4, 0.5) is 0 Å². The van der Waals surface area contributed by atoms with Crippen molar-refractivity contribution in [1.29, 1.82) is 0 Å². The second-order valence-electron chi connectivity index (χ2n) is 13.5. The molecule has 5 aromatic carbocycles. The van der Waals surface area contributed by atoms with Crippen molar-refractivity contribution in [1.82, 2.24) is 0 Å². The Bertz CT molecular complexity index is 1630. The average Bonchev–Trinajstić information content (AvgIpc) is 3.66. The van der Waals surface area contributed by atoms with Crippen LogP contribution in [0.3, 0.4) is 0 Å². The first-order chi connectivity index (χ1) is 20.8. The molecule has 0 bridgehead atoms. The van der Waals surface area contributed by atoms with Crippen molar-refractivity contribution in [3.63, 3.8) is 0 Å². The SMILES string of the molecule is CC(C)(C)c1ccc2[cH-]c3ccc(C(C)(C)C)cc3c2c1.Clc1ccc(C[C](=[Zr+2])Cc2ccc(Cl)cc2)cc1.[C-]1=CC=CC1.[Cl-].[Cl-]. The maximum atomic E-state index is 5.88. The molecule has 0 spiro atoms. The number of fused-ring (bicyclic) bond motifs is 3. The minimum absolute atomic E-state index is 0. The predicted octanol–water partition coefficient (Wildman–Crippen LogP) is 6.12. The van der Waals surface area contributed by atoms with E-state index >= 15 is 0 Å². The van der Waals surface area contributed by atoms with Gasteiger partial charge in [-0.15, -0.1) is 46.2 Å². The van der Waals surface area contributed by atoms with Crippen LogP contribution in [0.2, 0.25) is 10.0 Å². The third kappa shape index (κ3) is 12.0. The number of allylic oxidation sites excluding steroid dienone is 4. The number of hydrogen-bond acceptors (Lipinski definition) is 0. The molecule has 0 radical (unpaired) electrons. The Labute approximate surface area is 313 Å². The van der Waals surface area contributed by atoms with Crippen molar-refractivity contribution in [3.8, 4) is 0 Å². The maximum Gasteiger partial charge on any atom is -0.109 e. The van der Waals surface area contributed by atoms with Gasteiger partial charge in [-0.25, -0.2) is 12.2 Å². The van der Waals surface area contributed by atoms with E-state index in [0.29, 0.717) is 0 Å². The van der Waals surface area contributed by atoms with Gasteiger partial charge in [-0.3, -0.25) is 6.08 Å². The van der Waals surface area contributed by atoms with Crippen LogP contribution in [0.15, 0.2) is 109 Å². The van der Waals surface area contributed by atoms with E-state index in [0.717, 1.165) is 29.3 Å². The summed E-state index contributed by atoms with van der Waals surface area (Å²) in [7, 11) is 0. The van der Waals surface area contributed by atoms with Gasteiger partial charge in [0.1, 0.15) is 0 Å². The van der Waals surface area contributed by atoms with Crippen molar-refractivity contribution in [2.24, 2.45) is 0 Å². The van der Waals surface area contributed by atoms with Gasteiger partial charge in [-0.05, 0) is 10.8 Å². The molecule has 0 saturated carbocycles. The summed E-state index contributed by atoms with van der Waals surface area (Å²) in [6.07, 6.45) is 12.1. The van der Waals surface area contributed by atoms with Gasteiger partial charge in [0.25, 0.3) is 0 Å². The predicted molar refractivity (Wildman–Crippen MR) is 191 cm³/mol. The molecule has 0 nitrogen and oxygen atoms in total. The summed E-state index contributed by atoms with van der Waals surface area (Å²) < 4.78 is 1.52. The van der Waals surface area contributed by atoms with Gasteiger partial charge in [-0.2, -0.15) is 6.08 Å². The van der Waals surface area contributed by atoms with Gasteiger partial charge in [-0.1, -0.05) is 76.9 Å². The van der Waals surface area contributed by atoms with Gasteiger partial charge >= 0.3 is 133 Å². The summed E-state index contributed by atoms with van der Waals surface area (Å²) in [5.41, 5.74) is 5.84. The molecule has 0 saturated heterocycles. The fourth-order valence-electron chi connectivity index (χ4n) is 5.03. The van der Waals surface area contributed by atoms with Crippen LogP contribution in [-0.2, 0) is 47.9 Å². The third-order valence-electron chi connectivity index (χ3n) is 7.69. The van der Waals surface area contributed by atoms with E-state index in [1.807, 2.05) is 36.4 Å². The fourth-order valence-corrected chi connectivity index (χ4v) is 6.29. The zero-order chi connectivity index (χ0) is 31.9. The quantitative estimate of drug-likeness (QED) is 0.194. The Kier molecular flexibility index (Phi) is 15.8. The molecule has 1 aliphatic carbocycles. The molecule has 6 rings (SSSR count). The van der Waals surface area contributed by atoms with E-state index < -0.39 is 0 Å². The fraction of sp³-hybridized carbons (Fsp3) is 0.268. The molecular formula is C41H42Cl4Zr-2. The van der Waals surface area contributed by atoms with Crippen molar-refractivity contribution in [2.75, 3.05) is 0 Å². The number of benzene rings is 4. The molecule has 0 aromatic heterocycles. The summed E-state index contributed by atoms with van der Waals surface area (Å²) in [4.78, 5) is 0. The van der Waals surface area contributed by atoms with Crippen LogP contribution in [0, 0.1) is 6.08 Å². The van der Waals surface area contributed by atoms with Crippen LogP contribution in [-0.4, -0.2) is 3.21 Å². The third-order valence-corrected chi connectivity index (χ3v) is 9.06. The standard InChI is InChI=1S/C21H25.C15H12Cl2.C5H5.2ClH.Zr/c1-20(2,3)16-9-7-14-11-15-8-10-17(21(4,5)6)13-19(15)18(14)12-16;16-14-8-4-12(5-9-14)2-1-3-13-6-10-15(17)11-7-13;1-2-4-5-3-1;;;/h7-13H,1-6H3;4-11H,2-3H2;1-3H,4H2;2*1H;/q-1;;-1;;;+2/p-2. The van der Waals surface area contributed by atoms with E-state index in [1.54, 1.807) is 0 Å². The molecule has 0 heterocycles. The van der Waals surface area contributed by atoms with Crippen LogP contribution >= 0.6 is 23.2 Å². The molecule has 1 aliphatic rings. The van der Waals surface area contributed by atoms with E-state index in [2.05, 4.69) is 120 Å². The molecule has 5 heteroatoms. The van der Waals surface area contributed by atoms with Crippen LogP contribution < -0.4 is 24.8 Å². The second-order valence-corrected chi connectivity index (χ2v) is 16.1. The summed E-state index contributed by atoms with van der Waals surface area (Å²) >= 11 is 13.2. The first kappa shape index (κ1) is 40.3. The average molecular weight is 768 g/mol. The molecule has 0 atom stereocenters. The van der Waals surface area contributed by atoms with Crippen LogP contribution in [0.1, 0.15) is 70.2 Å². The summed E-state index contributed by atoms with van der Waals surface area (Å²) in [5.74, 6) is 0. The normalized spacial score (nSPS) is 12.0. The monoisotopic (exact) mass is 764 g/mol. The molecule has 0 amide bonds. The number of rotatable bonds is 4. The van der Waals surface area contributed by atoms with Crippen LogP contribution in [0.5, 0.6) is 0 Å². The minimum atomic E-state index is 0. The largest absolute Gasteiger partial charge is 1.00 e. The van der Waals surface area contributed by atoms with Crippen molar-refractivity contribution in [3.05, 3.63) is 148 Å². The molecule has 5 aromatic rings. The first-order valence-electron chi connectivity index (χ1n) is 15.2. The molecule has 0 aliphatic heterocycles. The molecular weight excluding hydrogens is 725 g/mol. The zero-order valence-corrected chi connectivity index (χ0v) is 33.0. The summed E-state index contributed by atoms with van der Waals surface area (Å²) in [5, 5.41) is 7.07. The summed E-state index contributed by atoms with van der Waals surface area (Å²) in [6, 6.07) is 32.3. The first-order valence-corrected chi connectivity index (χ1v) is 17.2. The van der Waals surface area contributed by atoms with Crippen molar-refractivity contribution >= 4 is 48.0 Å². The Morgan fingerprint density at radius 3 is 1.39 bits per heavy atom. The minimum Gasteiger partial charge on any atom is -1.00 e. The Morgan fingerprint density at radius 2 is 1.09 bits per heavy atom. The molecule has 46 heavy (non-hydrogen) atoms. The van der Waals surface area contributed by atoms with Gasteiger partial charge in [0.2, 0.25) is 0 Å². The summed E-state index contributed by atoms with van der Waals surface area (Å²) in [6.45, 7) is 13.7. The van der Waals surface area contributed by atoms with E-state index in [1.165, 1.54) is 71.2 Å². The molecule has 240 valence electrons. The molecule has 0 fully saturated rings. The van der Waals surface area contributed by atoms with Gasteiger partial charge in [0.15, 0.2) is 0 Å². The van der Waals surface area contributed by atoms with Gasteiger partial charge in [0.05, 0.1) is 0 Å². The van der Waals surface area contributed by atoms with E-state index in [4.69, 9.17) is 23.2 Å². The Morgan fingerprint density at radius 1 is 0.674 bits per heavy atom. The zero-order valence-electron chi connectivity index (χ0n) is 27.5. The van der Waals surface area contributed by atoms with E-state index in [9.17, 15) is 0 Å². The van der Waals surface area contributed by atoms with Crippen molar-refractivity contribution < 1.29 is 49.0 Å².